The van der Waals surface area contributed by atoms with E-state index in [9.17, 15) is 9.59 Å². The number of hydrogen-bond acceptors (Lipinski definition) is 5. The summed E-state index contributed by atoms with van der Waals surface area (Å²) < 4.78 is 0. The number of rotatable bonds is 1. The van der Waals surface area contributed by atoms with Crippen molar-refractivity contribution in [2.75, 3.05) is 0 Å². The molecule has 5 N–H and O–H groups in total. The smallest absolute Gasteiger partial charge is 0.353 e. The van der Waals surface area contributed by atoms with Gasteiger partial charge in [0.25, 0.3) is 5.91 Å². The Morgan fingerprint density at radius 1 is 1.69 bits per heavy atom. The summed E-state index contributed by atoms with van der Waals surface area (Å²) in [5, 5.41) is 9.58. The lowest BCUT2D eigenvalue weighted by Gasteiger charge is -2.47. The average Bonchev–Trinajstić information content (AvgIpc) is 2.45. The van der Waals surface area contributed by atoms with Crippen LogP contribution >= 0.6 is 11.8 Å². The molecule has 1 atom stereocenters. The van der Waals surface area contributed by atoms with Crippen molar-refractivity contribution in [1.82, 2.24) is 4.90 Å². The zero-order valence-electron chi connectivity index (χ0n) is 6.43. The molecule has 2 rings (SSSR count). The SMILES string of the molecule is NC1(N)C(=O)N2C(C(=O)O)=CS[C@@H]21. The topological polar surface area (TPSA) is 110 Å². The Kier molecular flexibility index (Phi) is 1.48. The largest absolute Gasteiger partial charge is 0.477 e. The Bertz CT molecular complexity index is 338. The summed E-state index contributed by atoms with van der Waals surface area (Å²) in [5.41, 5.74) is 9.44. The van der Waals surface area contributed by atoms with Gasteiger partial charge in [0.05, 0.1) is 0 Å². The molecular weight excluding hydrogens is 194 g/mol. The Morgan fingerprint density at radius 2 is 2.31 bits per heavy atom. The van der Waals surface area contributed by atoms with Crippen LogP contribution in [0.4, 0.5) is 0 Å². The van der Waals surface area contributed by atoms with Crippen molar-refractivity contribution in [2.45, 2.75) is 11.0 Å². The molecule has 0 aromatic carbocycles. The molecule has 0 unspecified atom stereocenters. The number of fused-ring (bicyclic) bond motifs is 1. The lowest BCUT2D eigenvalue weighted by atomic mass is 10.0. The molecule has 2 aliphatic heterocycles. The van der Waals surface area contributed by atoms with Crippen LogP contribution in [0.1, 0.15) is 0 Å². The van der Waals surface area contributed by atoms with E-state index in [-0.39, 0.29) is 5.70 Å². The van der Waals surface area contributed by atoms with E-state index in [0.717, 1.165) is 16.7 Å². The number of hydrogen-bond donors (Lipinski definition) is 3. The van der Waals surface area contributed by atoms with E-state index in [4.69, 9.17) is 16.6 Å². The predicted molar refractivity (Wildman–Crippen MR) is 45.0 cm³/mol. The minimum Gasteiger partial charge on any atom is -0.477 e. The van der Waals surface area contributed by atoms with Crippen LogP contribution in [0.2, 0.25) is 0 Å². The van der Waals surface area contributed by atoms with Crippen LogP contribution in [0.25, 0.3) is 0 Å². The number of amides is 1. The van der Waals surface area contributed by atoms with Gasteiger partial charge in [0.1, 0.15) is 11.1 Å². The molecule has 0 aromatic heterocycles. The fourth-order valence-electron chi connectivity index (χ4n) is 1.32. The summed E-state index contributed by atoms with van der Waals surface area (Å²) in [7, 11) is 0. The van der Waals surface area contributed by atoms with Gasteiger partial charge in [-0.05, 0) is 0 Å². The van der Waals surface area contributed by atoms with E-state index in [2.05, 4.69) is 0 Å². The molecule has 0 aromatic rings. The van der Waals surface area contributed by atoms with Crippen LogP contribution in [0.15, 0.2) is 11.1 Å². The van der Waals surface area contributed by atoms with Crippen LogP contribution in [0.3, 0.4) is 0 Å². The molecule has 13 heavy (non-hydrogen) atoms. The third-order valence-corrected chi connectivity index (χ3v) is 3.24. The highest BCUT2D eigenvalue weighted by atomic mass is 32.2. The summed E-state index contributed by atoms with van der Waals surface area (Å²) in [6, 6.07) is 0. The Labute approximate surface area is 77.5 Å². The molecule has 0 saturated carbocycles. The van der Waals surface area contributed by atoms with Gasteiger partial charge >= 0.3 is 5.97 Å². The first-order valence-electron chi connectivity index (χ1n) is 3.46. The van der Waals surface area contributed by atoms with Crippen LogP contribution < -0.4 is 11.5 Å². The molecule has 70 valence electrons. The van der Waals surface area contributed by atoms with Gasteiger partial charge in [-0.3, -0.25) is 9.69 Å². The summed E-state index contributed by atoms with van der Waals surface area (Å²) in [4.78, 5) is 22.9. The van der Waals surface area contributed by atoms with Crippen molar-refractivity contribution >= 4 is 23.6 Å². The molecule has 1 fully saturated rings. The van der Waals surface area contributed by atoms with Gasteiger partial charge in [0, 0.05) is 5.41 Å². The quantitative estimate of drug-likeness (QED) is 0.349. The lowest BCUT2D eigenvalue weighted by Crippen LogP contribution is -2.80. The van der Waals surface area contributed by atoms with Crippen LogP contribution in [-0.4, -0.2) is 32.9 Å². The summed E-state index contributed by atoms with van der Waals surface area (Å²) in [5.74, 6) is -1.69. The Morgan fingerprint density at radius 3 is 2.85 bits per heavy atom. The van der Waals surface area contributed by atoms with E-state index in [1.54, 1.807) is 0 Å². The molecule has 1 saturated heterocycles. The fourth-order valence-corrected chi connectivity index (χ4v) is 2.45. The minimum absolute atomic E-state index is 0.0495. The van der Waals surface area contributed by atoms with Crippen molar-refractivity contribution < 1.29 is 14.7 Å². The highest BCUT2D eigenvalue weighted by Crippen LogP contribution is 2.43. The number of β-lactam (4-membered cyclic amide) rings is 1. The molecule has 7 heteroatoms. The van der Waals surface area contributed by atoms with Crippen molar-refractivity contribution in [3.05, 3.63) is 11.1 Å². The maximum absolute atomic E-state index is 11.2. The van der Waals surface area contributed by atoms with Crippen molar-refractivity contribution in [3.8, 4) is 0 Å². The number of carboxylic acid groups (broad SMARTS) is 1. The Balaban J connectivity index is 2.28. The van der Waals surface area contributed by atoms with E-state index in [1.807, 2.05) is 0 Å². The van der Waals surface area contributed by atoms with Crippen molar-refractivity contribution in [1.29, 1.82) is 0 Å². The first-order chi connectivity index (χ1) is 5.96. The van der Waals surface area contributed by atoms with Gasteiger partial charge in [0.15, 0.2) is 5.66 Å². The highest BCUT2D eigenvalue weighted by molar-refractivity contribution is 8.03. The van der Waals surface area contributed by atoms with Crippen LogP contribution in [0.5, 0.6) is 0 Å². The standard InChI is InChI=1S/C6H7N3O3S/c7-6(8)4(12)9-2(3(10)11)1-13-5(6)9/h1,5H,7-8H2,(H,10,11)/t5-/m1/s1. The summed E-state index contributed by atoms with van der Waals surface area (Å²) in [6.45, 7) is 0. The van der Waals surface area contributed by atoms with E-state index in [1.165, 1.54) is 5.41 Å². The third kappa shape index (κ3) is 0.859. The highest BCUT2D eigenvalue weighted by Gasteiger charge is 2.61. The van der Waals surface area contributed by atoms with Gasteiger partial charge < -0.3 is 16.6 Å². The number of nitrogens with zero attached hydrogens (tertiary/aromatic N) is 1. The van der Waals surface area contributed by atoms with Gasteiger partial charge in [-0.25, -0.2) is 4.79 Å². The number of thioether (sulfide) groups is 1. The van der Waals surface area contributed by atoms with E-state index < -0.39 is 22.9 Å². The fraction of sp³-hybridized carbons (Fsp3) is 0.333. The monoisotopic (exact) mass is 201 g/mol. The second-order valence-corrected chi connectivity index (χ2v) is 3.86. The number of carbonyl (C=O) groups excluding carboxylic acids is 1. The second-order valence-electron chi connectivity index (χ2n) is 2.90. The maximum atomic E-state index is 11.2. The van der Waals surface area contributed by atoms with Crippen molar-refractivity contribution in [3.63, 3.8) is 0 Å². The molecule has 2 aliphatic rings. The average molecular weight is 201 g/mol. The molecule has 6 nitrogen and oxygen atoms in total. The normalized spacial score (nSPS) is 29.4. The minimum atomic E-state index is -1.42. The first-order valence-corrected chi connectivity index (χ1v) is 4.41. The third-order valence-electron chi connectivity index (χ3n) is 2.02. The number of carboxylic acids is 1. The molecular formula is C6H7N3O3S. The van der Waals surface area contributed by atoms with Crippen molar-refractivity contribution in [2.24, 2.45) is 11.5 Å². The summed E-state index contributed by atoms with van der Waals surface area (Å²) in [6.07, 6.45) is 0. The molecule has 1 amide bonds. The molecule has 0 spiro atoms. The van der Waals surface area contributed by atoms with Gasteiger partial charge in [-0.15, -0.1) is 11.8 Å². The zero-order valence-corrected chi connectivity index (χ0v) is 7.25. The second kappa shape index (κ2) is 2.25. The predicted octanol–water partition coefficient (Wildman–Crippen LogP) is -1.56. The molecule has 0 radical (unpaired) electrons. The van der Waals surface area contributed by atoms with Gasteiger partial charge in [-0.1, -0.05) is 0 Å². The van der Waals surface area contributed by atoms with Crippen LogP contribution in [-0.2, 0) is 9.59 Å². The number of nitrogens with two attached hydrogens (primary N) is 2. The zero-order chi connectivity index (χ0) is 9.80. The Hall–Kier alpha value is -1.05. The molecule has 2 heterocycles. The van der Waals surface area contributed by atoms with E-state index >= 15 is 0 Å². The van der Waals surface area contributed by atoms with E-state index in [0.29, 0.717) is 0 Å². The number of aliphatic carboxylic acids is 1. The maximum Gasteiger partial charge on any atom is 0.353 e. The molecule has 0 bridgehead atoms. The van der Waals surface area contributed by atoms with Crippen LogP contribution in [0, 0.1) is 0 Å². The lowest BCUT2D eigenvalue weighted by molar-refractivity contribution is -0.153. The molecule has 0 aliphatic carbocycles. The first kappa shape index (κ1) is 8.54. The van der Waals surface area contributed by atoms with Gasteiger partial charge in [-0.2, -0.15) is 0 Å². The summed E-state index contributed by atoms with van der Waals surface area (Å²) >= 11 is 1.15. The van der Waals surface area contributed by atoms with Gasteiger partial charge in [0.2, 0.25) is 0 Å². The number of carbonyl (C=O) groups is 2.